The first-order chi connectivity index (χ1) is 9.18. The minimum absolute atomic E-state index is 0.128. The number of carbonyl (C=O) groups excluding carboxylic acids is 1. The Bertz CT molecular complexity index is 612. The Balaban J connectivity index is 2.19. The monoisotopic (exact) mass is 274 g/mol. The third kappa shape index (κ3) is 2.15. The van der Waals surface area contributed by atoms with Gasteiger partial charge in [0.15, 0.2) is 0 Å². The van der Waals surface area contributed by atoms with Gasteiger partial charge in [0.05, 0.1) is 4.88 Å². The van der Waals surface area contributed by atoms with E-state index in [1.165, 1.54) is 15.6 Å². The second kappa shape index (κ2) is 4.94. The summed E-state index contributed by atoms with van der Waals surface area (Å²) in [7, 11) is 3.65. The number of nitrogens with one attached hydrogen (secondary N) is 1. The Morgan fingerprint density at radius 1 is 1.37 bits per heavy atom. The predicted octanol–water partition coefficient (Wildman–Crippen LogP) is 2.68. The molecule has 1 saturated heterocycles. The molecule has 100 valence electrons. The van der Waals surface area contributed by atoms with Crippen LogP contribution < -0.4 is 5.32 Å². The van der Waals surface area contributed by atoms with E-state index in [0.29, 0.717) is 5.92 Å². The third-order valence-corrected chi connectivity index (χ3v) is 4.88. The highest BCUT2D eigenvalue weighted by atomic mass is 32.1. The number of amides is 1. The van der Waals surface area contributed by atoms with Crippen molar-refractivity contribution >= 4 is 27.3 Å². The van der Waals surface area contributed by atoms with Crippen molar-refractivity contribution in [3.05, 3.63) is 34.7 Å². The molecule has 1 aliphatic heterocycles. The van der Waals surface area contributed by atoms with Crippen LogP contribution in [0.3, 0.4) is 0 Å². The second-order valence-electron chi connectivity index (χ2n) is 5.23. The SMILES string of the molecule is CN(C)C(=O)c1sc2ccccc2c1[C@H]1CCNC1. The summed E-state index contributed by atoms with van der Waals surface area (Å²) in [4.78, 5) is 15.0. The molecule has 1 N–H and O–H groups in total. The quantitative estimate of drug-likeness (QED) is 0.913. The van der Waals surface area contributed by atoms with Crippen LogP contribution in [0.15, 0.2) is 24.3 Å². The van der Waals surface area contributed by atoms with E-state index in [2.05, 4.69) is 23.5 Å². The molecule has 2 heterocycles. The molecule has 0 aliphatic carbocycles. The third-order valence-electron chi connectivity index (χ3n) is 3.70. The second-order valence-corrected chi connectivity index (χ2v) is 6.28. The summed E-state index contributed by atoms with van der Waals surface area (Å²) < 4.78 is 1.22. The molecule has 1 atom stereocenters. The fourth-order valence-electron chi connectivity index (χ4n) is 2.73. The molecular weight excluding hydrogens is 256 g/mol. The molecule has 0 spiro atoms. The molecule has 0 saturated carbocycles. The molecule has 1 aromatic carbocycles. The maximum atomic E-state index is 12.4. The van der Waals surface area contributed by atoms with Gasteiger partial charge in [-0.2, -0.15) is 0 Å². The lowest BCUT2D eigenvalue weighted by molar-refractivity contribution is 0.0831. The predicted molar refractivity (Wildman–Crippen MR) is 80.1 cm³/mol. The van der Waals surface area contributed by atoms with Crippen LogP contribution in [0.2, 0.25) is 0 Å². The average molecular weight is 274 g/mol. The van der Waals surface area contributed by atoms with Crippen molar-refractivity contribution in [3.8, 4) is 0 Å². The molecule has 1 amide bonds. The van der Waals surface area contributed by atoms with Gasteiger partial charge >= 0.3 is 0 Å². The maximum absolute atomic E-state index is 12.4. The Labute approximate surface area is 117 Å². The van der Waals surface area contributed by atoms with E-state index in [-0.39, 0.29) is 5.91 Å². The van der Waals surface area contributed by atoms with Gasteiger partial charge < -0.3 is 10.2 Å². The van der Waals surface area contributed by atoms with Crippen molar-refractivity contribution in [3.63, 3.8) is 0 Å². The van der Waals surface area contributed by atoms with Crippen molar-refractivity contribution in [1.82, 2.24) is 10.2 Å². The van der Waals surface area contributed by atoms with Crippen LogP contribution in [-0.2, 0) is 0 Å². The molecule has 1 aromatic heterocycles. The van der Waals surface area contributed by atoms with Gasteiger partial charge in [-0.05, 0) is 35.9 Å². The summed E-state index contributed by atoms with van der Waals surface area (Å²) >= 11 is 1.63. The van der Waals surface area contributed by atoms with Crippen molar-refractivity contribution in [2.24, 2.45) is 0 Å². The first kappa shape index (κ1) is 12.6. The number of hydrogen-bond acceptors (Lipinski definition) is 3. The minimum Gasteiger partial charge on any atom is -0.344 e. The van der Waals surface area contributed by atoms with Gasteiger partial charge in [0.25, 0.3) is 5.91 Å². The van der Waals surface area contributed by atoms with Gasteiger partial charge in [0, 0.05) is 25.3 Å². The average Bonchev–Trinajstić information content (AvgIpc) is 3.03. The van der Waals surface area contributed by atoms with Gasteiger partial charge in [-0.3, -0.25) is 4.79 Å². The van der Waals surface area contributed by atoms with Crippen molar-refractivity contribution in [1.29, 1.82) is 0 Å². The number of fused-ring (bicyclic) bond motifs is 1. The largest absolute Gasteiger partial charge is 0.344 e. The Morgan fingerprint density at radius 2 is 2.16 bits per heavy atom. The summed E-state index contributed by atoms with van der Waals surface area (Å²) in [5.74, 6) is 0.596. The molecule has 2 aromatic rings. The lowest BCUT2D eigenvalue weighted by Crippen LogP contribution is -2.22. The number of nitrogens with zero attached hydrogens (tertiary/aromatic N) is 1. The Morgan fingerprint density at radius 3 is 2.84 bits per heavy atom. The fraction of sp³-hybridized carbons (Fsp3) is 0.400. The lowest BCUT2D eigenvalue weighted by atomic mass is 9.95. The van der Waals surface area contributed by atoms with Crippen LogP contribution in [0, 0.1) is 0 Å². The molecule has 0 radical (unpaired) electrons. The number of carbonyl (C=O) groups is 1. The molecule has 3 nitrogen and oxygen atoms in total. The zero-order chi connectivity index (χ0) is 13.4. The van der Waals surface area contributed by atoms with Gasteiger partial charge in [0.1, 0.15) is 0 Å². The van der Waals surface area contributed by atoms with Gasteiger partial charge in [-0.25, -0.2) is 0 Å². The van der Waals surface area contributed by atoms with Crippen LogP contribution in [0.25, 0.3) is 10.1 Å². The number of benzene rings is 1. The van der Waals surface area contributed by atoms with E-state index < -0.39 is 0 Å². The van der Waals surface area contributed by atoms with E-state index in [0.717, 1.165) is 24.4 Å². The zero-order valence-electron chi connectivity index (χ0n) is 11.3. The summed E-state index contributed by atoms with van der Waals surface area (Å²) in [6.07, 6.45) is 1.12. The number of rotatable bonds is 2. The highest BCUT2D eigenvalue weighted by Crippen LogP contribution is 2.38. The van der Waals surface area contributed by atoms with E-state index in [4.69, 9.17) is 0 Å². The van der Waals surface area contributed by atoms with E-state index in [1.54, 1.807) is 16.2 Å². The fourth-order valence-corrected chi connectivity index (χ4v) is 4.04. The number of hydrogen-bond donors (Lipinski definition) is 1. The summed E-state index contributed by atoms with van der Waals surface area (Å²) in [5, 5.41) is 4.66. The van der Waals surface area contributed by atoms with Gasteiger partial charge in [0.2, 0.25) is 0 Å². The Hall–Kier alpha value is -1.39. The molecule has 0 unspecified atom stereocenters. The molecule has 0 bridgehead atoms. The summed E-state index contributed by atoms with van der Waals surface area (Å²) in [6, 6.07) is 8.36. The van der Waals surface area contributed by atoms with Crippen LogP contribution >= 0.6 is 11.3 Å². The van der Waals surface area contributed by atoms with E-state index in [9.17, 15) is 4.79 Å². The molecule has 3 rings (SSSR count). The van der Waals surface area contributed by atoms with Crippen molar-refractivity contribution in [2.75, 3.05) is 27.2 Å². The highest BCUT2D eigenvalue weighted by Gasteiger charge is 2.27. The molecule has 1 fully saturated rings. The van der Waals surface area contributed by atoms with Crippen LogP contribution in [0.5, 0.6) is 0 Å². The molecular formula is C15H18N2OS. The van der Waals surface area contributed by atoms with Crippen LogP contribution in [-0.4, -0.2) is 38.0 Å². The topological polar surface area (TPSA) is 32.3 Å². The van der Waals surface area contributed by atoms with E-state index >= 15 is 0 Å². The maximum Gasteiger partial charge on any atom is 0.263 e. The summed E-state index contributed by atoms with van der Waals surface area (Å²) in [5.41, 5.74) is 1.25. The van der Waals surface area contributed by atoms with Crippen molar-refractivity contribution < 1.29 is 4.79 Å². The Kier molecular flexibility index (Phi) is 3.29. The lowest BCUT2D eigenvalue weighted by Gasteiger charge is -2.14. The highest BCUT2D eigenvalue weighted by molar-refractivity contribution is 7.21. The first-order valence-corrected chi connectivity index (χ1v) is 7.44. The minimum atomic E-state index is 0.128. The first-order valence-electron chi connectivity index (χ1n) is 6.62. The zero-order valence-corrected chi connectivity index (χ0v) is 12.1. The van der Waals surface area contributed by atoms with Gasteiger partial charge in [-0.1, -0.05) is 18.2 Å². The molecule has 4 heteroatoms. The normalized spacial score (nSPS) is 18.9. The van der Waals surface area contributed by atoms with Crippen LogP contribution in [0.4, 0.5) is 0 Å². The summed E-state index contributed by atoms with van der Waals surface area (Å²) in [6.45, 7) is 2.03. The number of thiophene rings is 1. The van der Waals surface area contributed by atoms with Crippen LogP contribution in [0.1, 0.15) is 27.6 Å². The van der Waals surface area contributed by atoms with Crippen molar-refractivity contribution in [2.45, 2.75) is 12.3 Å². The van der Waals surface area contributed by atoms with E-state index in [1.807, 2.05) is 20.2 Å². The van der Waals surface area contributed by atoms with Gasteiger partial charge in [-0.15, -0.1) is 11.3 Å². The molecule has 1 aliphatic rings. The standard InChI is InChI=1S/C15H18N2OS/c1-17(2)15(18)14-13(10-7-8-16-9-10)11-5-3-4-6-12(11)19-14/h3-6,10,16H,7-9H2,1-2H3/t10-/m0/s1. The molecule has 19 heavy (non-hydrogen) atoms. The smallest absolute Gasteiger partial charge is 0.263 e.